The van der Waals surface area contributed by atoms with Crippen molar-refractivity contribution in [2.75, 3.05) is 0 Å². The Kier molecular flexibility index (Phi) is 5.76. The van der Waals surface area contributed by atoms with Crippen LogP contribution >= 0.6 is 0 Å². The van der Waals surface area contributed by atoms with Crippen molar-refractivity contribution in [2.24, 2.45) is 10.6 Å². The summed E-state index contributed by atoms with van der Waals surface area (Å²) < 4.78 is 7.06. The Balaban J connectivity index is 1.78. The number of nitroso groups, excluding NO2 is 1. The van der Waals surface area contributed by atoms with E-state index in [1.165, 1.54) is 5.56 Å². The van der Waals surface area contributed by atoms with Crippen LogP contribution in [0.25, 0.3) is 0 Å². The number of benzene rings is 1. The standard InChI is InChI=1S/C30H40N2O3/c1-17(2)24-22-23(21-20(32-34)16-29(6,7)27(33)25(21)31-24)30(14-8-9-15-30)35-26(22)18-10-12-19(13-11-18)28(3,4)5/h10-13,17,20,26-27,33H,8-9,14-16H2,1-7H3/t20?,26-,27+/m1/s1. The van der Waals surface area contributed by atoms with Crippen LogP contribution in [-0.2, 0) is 15.8 Å². The van der Waals surface area contributed by atoms with Gasteiger partial charge >= 0.3 is 0 Å². The summed E-state index contributed by atoms with van der Waals surface area (Å²) in [5.74, 6) is 0.158. The highest BCUT2D eigenvalue weighted by Gasteiger charge is 2.54. The van der Waals surface area contributed by atoms with Crippen LogP contribution in [0.4, 0.5) is 0 Å². The largest absolute Gasteiger partial charge is 0.386 e. The number of aliphatic hydroxyl groups is 1. The van der Waals surface area contributed by atoms with Gasteiger partial charge < -0.3 is 9.84 Å². The molecule has 2 heterocycles. The third-order valence-corrected chi connectivity index (χ3v) is 8.61. The summed E-state index contributed by atoms with van der Waals surface area (Å²) in [4.78, 5) is 17.3. The van der Waals surface area contributed by atoms with E-state index in [2.05, 4.69) is 64.1 Å². The number of rotatable bonds is 3. The Bertz CT molecular complexity index is 1140. The third-order valence-electron chi connectivity index (χ3n) is 8.61. The van der Waals surface area contributed by atoms with Gasteiger partial charge in [0.05, 0.1) is 11.3 Å². The second-order valence-corrected chi connectivity index (χ2v) is 13.0. The minimum atomic E-state index is -0.734. The Hall–Kier alpha value is -2.11. The number of hydrogen-bond donors (Lipinski definition) is 1. The number of hydrogen-bond acceptors (Lipinski definition) is 5. The Morgan fingerprint density at radius 1 is 1.09 bits per heavy atom. The summed E-state index contributed by atoms with van der Waals surface area (Å²) in [6, 6.07) is 8.29. The predicted molar refractivity (Wildman–Crippen MR) is 138 cm³/mol. The van der Waals surface area contributed by atoms with Crippen molar-refractivity contribution in [3.05, 3.63) is 68.4 Å². The van der Waals surface area contributed by atoms with Crippen molar-refractivity contribution in [2.45, 2.75) is 116 Å². The molecule has 1 fully saturated rings. The molecule has 3 atom stereocenters. The molecule has 35 heavy (non-hydrogen) atoms. The van der Waals surface area contributed by atoms with Gasteiger partial charge in [0, 0.05) is 16.8 Å². The van der Waals surface area contributed by atoms with E-state index in [9.17, 15) is 10.0 Å². The number of fused-ring (bicyclic) bond motifs is 4. The smallest absolute Gasteiger partial charge is 0.120 e. The lowest BCUT2D eigenvalue weighted by atomic mass is 9.68. The van der Waals surface area contributed by atoms with Crippen molar-refractivity contribution < 1.29 is 9.84 Å². The molecule has 1 aliphatic heterocycles. The average Bonchev–Trinajstić information content (AvgIpc) is 3.40. The van der Waals surface area contributed by atoms with Gasteiger partial charge in [0.2, 0.25) is 0 Å². The van der Waals surface area contributed by atoms with Crippen molar-refractivity contribution >= 4 is 0 Å². The zero-order chi connectivity index (χ0) is 25.3. The van der Waals surface area contributed by atoms with Crippen molar-refractivity contribution in [3.8, 4) is 0 Å². The molecule has 3 aliphatic rings. The van der Waals surface area contributed by atoms with Crippen molar-refractivity contribution in [1.29, 1.82) is 0 Å². The topological polar surface area (TPSA) is 71.8 Å². The van der Waals surface area contributed by atoms with E-state index in [0.717, 1.165) is 53.6 Å². The molecule has 1 saturated carbocycles. The van der Waals surface area contributed by atoms with Gasteiger partial charge in [-0.3, -0.25) is 4.98 Å². The first kappa shape index (κ1) is 24.6. The zero-order valence-corrected chi connectivity index (χ0v) is 22.3. The van der Waals surface area contributed by atoms with Gasteiger partial charge in [-0.25, -0.2) is 0 Å². The van der Waals surface area contributed by atoms with Gasteiger partial charge in [-0.1, -0.05) is 90.8 Å². The van der Waals surface area contributed by atoms with E-state index in [1.54, 1.807) is 0 Å². The second-order valence-electron chi connectivity index (χ2n) is 13.0. The molecule has 5 heteroatoms. The van der Waals surface area contributed by atoms with Crippen molar-refractivity contribution in [1.82, 2.24) is 4.98 Å². The fourth-order valence-corrected chi connectivity index (χ4v) is 6.62. The summed E-state index contributed by atoms with van der Waals surface area (Å²) in [6.45, 7) is 15.0. The maximum atomic E-state index is 12.2. The van der Waals surface area contributed by atoms with Crippen molar-refractivity contribution in [3.63, 3.8) is 0 Å². The van der Waals surface area contributed by atoms with Gasteiger partial charge in [-0.15, -0.1) is 0 Å². The number of aromatic nitrogens is 1. The van der Waals surface area contributed by atoms with Gasteiger partial charge in [0.1, 0.15) is 18.2 Å². The number of pyridine rings is 1. The Labute approximate surface area is 209 Å². The molecule has 1 N–H and O–H groups in total. The first-order chi connectivity index (χ1) is 16.4. The summed E-state index contributed by atoms with van der Waals surface area (Å²) in [5.41, 5.74) is 6.29. The molecule has 5 rings (SSSR count). The molecule has 0 bridgehead atoms. The van der Waals surface area contributed by atoms with E-state index in [1.807, 2.05) is 13.8 Å². The van der Waals surface area contributed by atoms with Crippen LogP contribution in [0.2, 0.25) is 0 Å². The molecule has 5 nitrogen and oxygen atoms in total. The molecule has 1 spiro atoms. The van der Waals surface area contributed by atoms with Gasteiger partial charge in [0.15, 0.2) is 0 Å². The fourth-order valence-electron chi connectivity index (χ4n) is 6.62. The first-order valence-electron chi connectivity index (χ1n) is 13.3. The van der Waals surface area contributed by atoms with Gasteiger partial charge in [-0.2, -0.15) is 4.91 Å². The normalized spacial score (nSPS) is 26.7. The predicted octanol–water partition coefficient (Wildman–Crippen LogP) is 7.66. The molecule has 0 saturated heterocycles. The quantitative estimate of drug-likeness (QED) is 0.462. The highest BCUT2D eigenvalue weighted by atomic mass is 16.5. The van der Waals surface area contributed by atoms with Crippen LogP contribution in [-0.4, -0.2) is 10.1 Å². The molecule has 1 unspecified atom stereocenters. The Morgan fingerprint density at radius 3 is 2.26 bits per heavy atom. The lowest BCUT2D eigenvalue weighted by Gasteiger charge is -2.40. The van der Waals surface area contributed by atoms with Crippen LogP contribution in [0.3, 0.4) is 0 Å². The second kappa shape index (κ2) is 8.21. The summed E-state index contributed by atoms with van der Waals surface area (Å²) in [5, 5.41) is 15.0. The SMILES string of the molecule is CC(C)c1nc2c(c3c1[C@@H](c1ccc(C(C)(C)C)cc1)OC31CCCC1)C(N=O)CC(C)(C)[C@H]2O. The molecule has 1 aromatic carbocycles. The van der Waals surface area contributed by atoms with Crippen LogP contribution in [0.5, 0.6) is 0 Å². The van der Waals surface area contributed by atoms with Crippen LogP contribution < -0.4 is 0 Å². The highest BCUT2D eigenvalue weighted by Crippen LogP contribution is 2.61. The van der Waals surface area contributed by atoms with E-state index < -0.39 is 23.2 Å². The lowest BCUT2D eigenvalue weighted by molar-refractivity contribution is -0.0575. The van der Waals surface area contributed by atoms with Gasteiger partial charge in [-0.05, 0) is 52.7 Å². The monoisotopic (exact) mass is 476 g/mol. The number of nitrogens with zero attached hydrogens (tertiary/aromatic N) is 2. The Morgan fingerprint density at radius 2 is 1.71 bits per heavy atom. The molecule has 2 aromatic rings. The molecular formula is C30H40N2O3. The molecule has 2 aliphatic carbocycles. The molecule has 0 amide bonds. The van der Waals surface area contributed by atoms with E-state index in [0.29, 0.717) is 12.1 Å². The summed E-state index contributed by atoms with van der Waals surface area (Å²) >= 11 is 0. The first-order valence-corrected chi connectivity index (χ1v) is 13.3. The third kappa shape index (κ3) is 3.77. The lowest BCUT2D eigenvalue weighted by Crippen LogP contribution is -2.34. The molecule has 0 radical (unpaired) electrons. The summed E-state index contributed by atoms with van der Waals surface area (Å²) in [7, 11) is 0. The molecule has 188 valence electrons. The molecular weight excluding hydrogens is 436 g/mol. The van der Waals surface area contributed by atoms with Gasteiger partial charge in [0.25, 0.3) is 0 Å². The maximum Gasteiger partial charge on any atom is 0.120 e. The fraction of sp³-hybridized carbons (Fsp3) is 0.633. The maximum absolute atomic E-state index is 12.2. The summed E-state index contributed by atoms with van der Waals surface area (Å²) in [6.07, 6.45) is 3.59. The van der Waals surface area contributed by atoms with E-state index in [4.69, 9.17) is 9.72 Å². The van der Waals surface area contributed by atoms with E-state index >= 15 is 0 Å². The van der Waals surface area contributed by atoms with E-state index in [-0.39, 0.29) is 17.4 Å². The number of ether oxygens (including phenoxy) is 1. The van der Waals surface area contributed by atoms with Crippen LogP contribution in [0, 0.1) is 10.3 Å². The minimum absolute atomic E-state index is 0.0785. The highest BCUT2D eigenvalue weighted by molar-refractivity contribution is 5.55. The average molecular weight is 477 g/mol. The zero-order valence-electron chi connectivity index (χ0n) is 22.3. The van der Waals surface area contributed by atoms with Crippen LogP contribution in [0.15, 0.2) is 29.4 Å². The van der Waals surface area contributed by atoms with Crippen LogP contribution in [0.1, 0.15) is 144 Å². The minimum Gasteiger partial charge on any atom is -0.386 e. The molecule has 1 aromatic heterocycles. The number of aliphatic hydroxyl groups excluding tert-OH is 1.